The summed E-state index contributed by atoms with van der Waals surface area (Å²) in [6.45, 7) is -0.601. The van der Waals surface area contributed by atoms with Crippen LogP contribution in [0.2, 0.25) is 0 Å². The van der Waals surface area contributed by atoms with Gasteiger partial charge in [0.2, 0.25) is 0 Å². The highest BCUT2D eigenvalue weighted by molar-refractivity contribution is 5.29. The van der Waals surface area contributed by atoms with E-state index >= 15 is 0 Å². The molecule has 1 aromatic rings. The molecule has 0 spiro atoms. The summed E-state index contributed by atoms with van der Waals surface area (Å²) >= 11 is 0. The average Bonchev–Trinajstić information content (AvgIpc) is 2.43. The molecule has 0 heterocycles. The van der Waals surface area contributed by atoms with E-state index in [1.165, 1.54) is 25.7 Å². The highest BCUT2D eigenvalue weighted by Crippen LogP contribution is 2.23. The topological polar surface area (TPSA) is 47.3 Å². The minimum absolute atomic E-state index is 0.0530. The Balaban J connectivity index is 2.44. The molecule has 0 aliphatic heterocycles. The minimum Gasteiger partial charge on any atom is -0.435 e. The van der Waals surface area contributed by atoms with Gasteiger partial charge < -0.3 is 4.74 Å². The third-order valence-corrected chi connectivity index (χ3v) is 3.31. The molecule has 1 unspecified atom stereocenters. The van der Waals surface area contributed by atoms with Gasteiger partial charge in [0.1, 0.15) is 5.75 Å². The Morgan fingerprint density at radius 3 is 2.30 bits per heavy atom. The maximum atomic E-state index is 12.1. The third-order valence-electron chi connectivity index (χ3n) is 3.31. The van der Waals surface area contributed by atoms with Gasteiger partial charge in [-0.1, -0.05) is 51.2 Å². The second-order valence-electron chi connectivity index (χ2n) is 4.87. The summed E-state index contributed by atoms with van der Waals surface area (Å²) in [4.78, 5) is 0. The molecule has 0 saturated carbocycles. The van der Waals surface area contributed by atoms with Crippen LogP contribution >= 0.6 is 0 Å². The number of ether oxygens (including phenoxy) is 1. The largest absolute Gasteiger partial charge is 0.435 e. The molecule has 3 N–H and O–H groups in total. The first-order chi connectivity index (χ1) is 9.67. The normalized spacial score (nSPS) is 12.7. The Morgan fingerprint density at radius 2 is 1.75 bits per heavy atom. The van der Waals surface area contributed by atoms with E-state index in [9.17, 15) is 8.78 Å². The SMILES string of the molecule is CCCCCCCC(NN)c1ccc(OC(F)F)cc1. The number of hydrogen-bond donors (Lipinski definition) is 2. The van der Waals surface area contributed by atoms with E-state index in [-0.39, 0.29) is 11.8 Å². The molecule has 0 aromatic heterocycles. The van der Waals surface area contributed by atoms with Crippen molar-refractivity contribution in [2.45, 2.75) is 58.1 Å². The van der Waals surface area contributed by atoms with Gasteiger partial charge in [0.15, 0.2) is 0 Å². The molecule has 3 nitrogen and oxygen atoms in total. The number of rotatable bonds is 10. The first-order valence-electron chi connectivity index (χ1n) is 7.18. The van der Waals surface area contributed by atoms with Gasteiger partial charge >= 0.3 is 6.61 Å². The number of hydrogen-bond acceptors (Lipinski definition) is 3. The molecule has 114 valence electrons. The van der Waals surface area contributed by atoms with Crippen LogP contribution < -0.4 is 16.0 Å². The van der Waals surface area contributed by atoms with Crippen LogP contribution in [0.1, 0.15) is 57.1 Å². The molecular formula is C15H24F2N2O. The maximum absolute atomic E-state index is 12.1. The molecule has 0 radical (unpaired) electrons. The average molecular weight is 286 g/mol. The van der Waals surface area contributed by atoms with Crippen molar-refractivity contribution in [3.63, 3.8) is 0 Å². The van der Waals surface area contributed by atoms with Crippen molar-refractivity contribution in [2.24, 2.45) is 5.84 Å². The third kappa shape index (κ3) is 6.30. The van der Waals surface area contributed by atoms with Crippen molar-refractivity contribution in [1.82, 2.24) is 5.43 Å². The number of nitrogens with two attached hydrogens (primary N) is 1. The first kappa shape index (κ1) is 16.9. The predicted octanol–water partition coefficient (Wildman–Crippen LogP) is 4.15. The Bertz CT molecular complexity index is 357. The molecule has 0 bridgehead atoms. The Morgan fingerprint density at radius 1 is 1.10 bits per heavy atom. The van der Waals surface area contributed by atoms with Gasteiger partial charge in [-0.15, -0.1) is 0 Å². The van der Waals surface area contributed by atoms with Gasteiger partial charge in [0.05, 0.1) is 0 Å². The van der Waals surface area contributed by atoms with Crippen LogP contribution in [-0.2, 0) is 0 Å². The zero-order valence-electron chi connectivity index (χ0n) is 11.9. The minimum atomic E-state index is -2.79. The fourth-order valence-corrected chi connectivity index (χ4v) is 2.18. The summed E-state index contributed by atoms with van der Waals surface area (Å²) in [5.74, 6) is 5.73. The monoisotopic (exact) mass is 286 g/mol. The number of benzene rings is 1. The number of nitrogens with one attached hydrogen (secondary N) is 1. The van der Waals surface area contributed by atoms with Crippen molar-refractivity contribution < 1.29 is 13.5 Å². The van der Waals surface area contributed by atoms with E-state index < -0.39 is 6.61 Å². The molecule has 0 fully saturated rings. The number of unbranched alkanes of at least 4 members (excludes halogenated alkanes) is 4. The number of alkyl halides is 2. The summed E-state index contributed by atoms with van der Waals surface area (Å²) < 4.78 is 28.4. The zero-order chi connectivity index (χ0) is 14.8. The van der Waals surface area contributed by atoms with E-state index in [0.717, 1.165) is 18.4 Å². The molecular weight excluding hydrogens is 262 g/mol. The molecule has 0 saturated heterocycles. The van der Waals surface area contributed by atoms with Gasteiger partial charge in [-0.05, 0) is 24.1 Å². The summed E-state index contributed by atoms with van der Waals surface area (Å²) in [5.41, 5.74) is 3.77. The van der Waals surface area contributed by atoms with Gasteiger partial charge in [-0.2, -0.15) is 8.78 Å². The first-order valence-corrected chi connectivity index (χ1v) is 7.18. The van der Waals surface area contributed by atoms with Crippen LogP contribution in [0, 0.1) is 0 Å². The Kier molecular flexibility index (Phi) is 8.14. The fraction of sp³-hybridized carbons (Fsp3) is 0.600. The molecule has 0 aliphatic carbocycles. The lowest BCUT2D eigenvalue weighted by Gasteiger charge is -2.16. The lowest BCUT2D eigenvalue weighted by molar-refractivity contribution is -0.0498. The van der Waals surface area contributed by atoms with Crippen molar-refractivity contribution in [3.8, 4) is 5.75 Å². The van der Waals surface area contributed by atoms with E-state index in [1.54, 1.807) is 24.3 Å². The van der Waals surface area contributed by atoms with Gasteiger partial charge in [-0.25, -0.2) is 0 Å². The molecule has 5 heteroatoms. The molecule has 1 atom stereocenters. The van der Waals surface area contributed by atoms with E-state index in [0.29, 0.717) is 0 Å². The Labute approximate surface area is 119 Å². The van der Waals surface area contributed by atoms with Crippen LogP contribution in [0.3, 0.4) is 0 Å². The summed E-state index contributed by atoms with van der Waals surface area (Å²) in [6.07, 6.45) is 6.97. The number of halogens is 2. The standard InChI is InChI=1S/C15H24F2N2O/c1-2-3-4-5-6-7-14(19-18)12-8-10-13(11-9-12)20-15(16)17/h8-11,14-15,19H,2-7,18H2,1H3. The molecule has 1 rings (SSSR count). The highest BCUT2D eigenvalue weighted by Gasteiger charge is 2.10. The molecule has 1 aromatic carbocycles. The second kappa shape index (κ2) is 9.66. The Hall–Kier alpha value is -1.20. The van der Waals surface area contributed by atoms with Crippen LogP contribution in [0.5, 0.6) is 5.75 Å². The predicted molar refractivity (Wildman–Crippen MR) is 76.5 cm³/mol. The van der Waals surface area contributed by atoms with Crippen molar-refractivity contribution in [1.29, 1.82) is 0 Å². The molecule has 0 aliphatic rings. The summed E-state index contributed by atoms with van der Waals surface area (Å²) in [7, 11) is 0. The van der Waals surface area contributed by atoms with Gasteiger partial charge in [-0.3, -0.25) is 11.3 Å². The van der Waals surface area contributed by atoms with Crippen LogP contribution in [-0.4, -0.2) is 6.61 Å². The van der Waals surface area contributed by atoms with E-state index in [1.807, 2.05) is 0 Å². The van der Waals surface area contributed by atoms with E-state index in [2.05, 4.69) is 17.1 Å². The van der Waals surface area contributed by atoms with Crippen molar-refractivity contribution in [2.75, 3.05) is 0 Å². The van der Waals surface area contributed by atoms with Crippen LogP contribution in [0.15, 0.2) is 24.3 Å². The smallest absolute Gasteiger partial charge is 0.387 e. The maximum Gasteiger partial charge on any atom is 0.387 e. The summed E-state index contributed by atoms with van der Waals surface area (Å²) in [5, 5.41) is 0. The van der Waals surface area contributed by atoms with Gasteiger partial charge in [0.25, 0.3) is 0 Å². The van der Waals surface area contributed by atoms with Crippen molar-refractivity contribution >= 4 is 0 Å². The number of hydrazine groups is 1. The van der Waals surface area contributed by atoms with Gasteiger partial charge in [0, 0.05) is 6.04 Å². The lowest BCUT2D eigenvalue weighted by atomic mass is 10.0. The second-order valence-corrected chi connectivity index (χ2v) is 4.87. The molecule has 20 heavy (non-hydrogen) atoms. The highest BCUT2D eigenvalue weighted by atomic mass is 19.3. The van der Waals surface area contributed by atoms with E-state index in [4.69, 9.17) is 5.84 Å². The fourth-order valence-electron chi connectivity index (χ4n) is 2.18. The zero-order valence-corrected chi connectivity index (χ0v) is 11.9. The van der Waals surface area contributed by atoms with Crippen LogP contribution in [0.25, 0.3) is 0 Å². The molecule has 0 amide bonds. The van der Waals surface area contributed by atoms with Crippen molar-refractivity contribution in [3.05, 3.63) is 29.8 Å². The van der Waals surface area contributed by atoms with Crippen LogP contribution in [0.4, 0.5) is 8.78 Å². The quantitative estimate of drug-likeness (QED) is 0.386. The lowest BCUT2D eigenvalue weighted by Crippen LogP contribution is -2.27. The summed E-state index contributed by atoms with van der Waals surface area (Å²) in [6, 6.07) is 6.69.